The van der Waals surface area contributed by atoms with Crippen LogP contribution in [0.2, 0.25) is 0 Å². The second kappa shape index (κ2) is 9.22. The monoisotopic (exact) mass is 274 g/mol. The summed E-state index contributed by atoms with van der Waals surface area (Å²) in [4.78, 5) is 23.4. The molecule has 1 amide bonds. The van der Waals surface area contributed by atoms with E-state index in [1.54, 1.807) is 11.8 Å². The van der Waals surface area contributed by atoms with Crippen molar-refractivity contribution in [2.24, 2.45) is 0 Å². The zero-order valence-electron chi connectivity index (χ0n) is 10.6. The number of thioether (sulfide) groups is 1. The fraction of sp³-hybridized carbons (Fsp3) is 0.833. The number of aliphatic carboxylic acids is 1. The fourth-order valence-electron chi connectivity index (χ4n) is 2.06. The van der Waals surface area contributed by atoms with Gasteiger partial charge in [-0.1, -0.05) is 0 Å². The van der Waals surface area contributed by atoms with Gasteiger partial charge in [-0.3, -0.25) is 4.79 Å². The van der Waals surface area contributed by atoms with Crippen molar-refractivity contribution in [3.63, 3.8) is 0 Å². The molecule has 0 bridgehead atoms. The Kier molecular flexibility index (Phi) is 7.84. The molecule has 1 atom stereocenters. The Hall–Kier alpha value is -0.750. The number of hydrogen-bond acceptors (Lipinski definition) is 4. The Morgan fingerprint density at radius 3 is 2.72 bits per heavy atom. The Morgan fingerprint density at radius 1 is 1.39 bits per heavy atom. The molecule has 0 radical (unpaired) electrons. The summed E-state index contributed by atoms with van der Waals surface area (Å²) in [7, 11) is 0. The van der Waals surface area contributed by atoms with E-state index < -0.39 is 12.0 Å². The van der Waals surface area contributed by atoms with Gasteiger partial charge in [0.1, 0.15) is 6.04 Å². The first-order valence-electron chi connectivity index (χ1n) is 6.46. The average molecular weight is 274 g/mol. The van der Waals surface area contributed by atoms with Crippen LogP contribution in [-0.2, 0) is 9.59 Å². The normalized spacial score (nSPS) is 17.6. The Balaban J connectivity index is 1.96. The summed E-state index contributed by atoms with van der Waals surface area (Å²) in [6, 6.07) is -0.742. The van der Waals surface area contributed by atoms with Crippen LogP contribution in [0.25, 0.3) is 0 Å². The maximum absolute atomic E-state index is 10.7. The van der Waals surface area contributed by atoms with Gasteiger partial charge in [0.05, 0.1) is 0 Å². The fourth-order valence-corrected chi connectivity index (χ4v) is 3.00. The van der Waals surface area contributed by atoms with Crippen molar-refractivity contribution in [2.75, 3.05) is 31.1 Å². The van der Waals surface area contributed by atoms with Crippen molar-refractivity contribution in [3.8, 4) is 0 Å². The van der Waals surface area contributed by atoms with Crippen LogP contribution in [-0.4, -0.2) is 59.6 Å². The number of carboxylic acid groups (broad SMARTS) is 1. The van der Waals surface area contributed by atoms with Crippen molar-refractivity contribution in [1.82, 2.24) is 10.2 Å². The maximum atomic E-state index is 10.7. The lowest BCUT2D eigenvalue weighted by Gasteiger charge is -2.14. The van der Waals surface area contributed by atoms with E-state index in [-0.39, 0.29) is 0 Å². The zero-order chi connectivity index (χ0) is 13.2. The van der Waals surface area contributed by atoms with Crippen molar-refractivity contribution < 1.29 is 14.7 Å². The molecule has 1 unspecified atom stereocenters. The lowest BCUT2D eigenvalue weighted by atomic mass is 10.2. The molecule has 5 nitrogen and oxygen atoms in total. The lowest BCUT2D eigenvalue weighted by Crippen LogP contribution is -2.36. The predicted octanol–water partition coefficient (Wildman–Crippen LogP) is 0.795. The molecule has 0 aliphatic carbocycles. The van der Waals surface area contributed by atoms with Crippen LogP contribution in [0.5, 0.6) is 0 Å². The van der Waals surface area contributed by atoms with Gasteiger partial charge in [0, 0.05) is 0 Å². The Bertz CT molecular complexity index is 258. The van der Waals surface area contributed by atoms with Crippen LogP contribution < -0.4 is 5.32 Å². The third-order valence-corrected chi connectivity index (χ3v) is 4.18. The van der Waals surface area contributed by atoms with Crippen LogP contribution in [0.1, 0.15) is 25.7 Å². The third-order valence-electron chi connectivity index (χ3n) is 3.08. The number of hydrogen-bond donors (Lipinski definition) is 2. The van der Waals surface area contributed by atoms with Gasteiger partial charge in [-0.2, -0.15) is 11.8 Å². The molecule has 6 heteroatoms. The Morgan fingerprint density at radius 2 is 2.11 bits per heavy atom. The molecule has 0 aromatic heterocycles. The summed E-state index contributed by atoms with van der Waals surface area (Å²) in [5.74, 6) is 0.877. The number of nitrogens with one attached hydrogen (secondary N) is 1. The molecular weight excluding hydrogens is 252 g/mol. The van der Waals surface area contributed by atoms with Crippen molar-refractivity contribution >= 4 is 24.1 Å². The number of rotatable bonds is 10. The van der Waals surface area contributed by atoms with E-state index in [0.717, 1.165) is 24.5 Å². The number of likely N-dealkylation sites (tertiary alicyclic amines) is 1. The summed E-state index contributed by atoms with van der Waals surface area (Å²) in [6.07, 6.45) is 4.75. The Labute approximate surface area is 112 Å². The molecule has 104 valence electrons. The summed E-state index contributed by atoms with van der Waals surface area (Å²) in [6.45, 7) is 3.62. The average Bonchev–Trinajstić information content (AvgIpc) is 2.84. The minimum Gasteiger partial charge on any atom is -0.480 e. The molecule has 2 N–H and O–H groups in total. The molecule has 0 spiro atoms. The highest BCUT2D eigenvalue weighted by molar-refractivity contribution is 7.99. The van der Waals surface area contributed by atoms with Crippen molar-refractivity contribution in [2.45, 2.75) is 31.7 Å². The van der Waals surface area contributed by atoms with E-state index in [4.69, 9.17) is 5.11 Å². The second-order valence-electron chi connectivity index (χ2n) is 4.48. The molecule has 1 heterocycles. The van der Waals surface area contributed by atoms with Crippen LogP contribution >= 0.6 is 11.8 Å². The quantitative estimate of drug-likeness (QED) is 0.455. The van der Waals surface area contributed by atoms with Crippen LogP contribution in [0, 0.1) is 0 Å². The second-order valence-corrected chi connectivity index (χ2v) is 5.70. The lowest BCUT2D eigenvalue weighted by molar-refractivity contribution is -0.140. The van der Waals surface area contributed by atoms with Crippen LogP contribution in [0.4, 0.5) is 0 Å². The molecule has 0 aromatic carbocycles. The summed E-state index contributed by atoms with van der Waals surface area (Å²) < 4.78 is 0. The minimum atomic E-state index is -0.959. The zero-order valence-corrected chi connectivity index (χ0v) is 11.5. The van der Waals surface area contributed by atoms with Gasteiger partial charge in [-0.05, 0) is 56.8 Å². The SMILES string of the molecule is O=CNC(CCSCCCN1CCCC1)C(=O)O. The molecule has 1 saturated heterocycles. The van der Waals surface area contributed by atoms with E-state index >= 15 is 0 Å². The van der Waals surface area contributed by atoms with Crippen LogP contribution in [0.15, 0.2) is 0 Å². The molecule has 18 heavy (non-hydrogen) atoms. The maximum Gasteiger partial charge on any atom is 0.326 e. The highest BCUT2D eigenvalue weighted by Gasteiger charge is 2.15. The molecular formula is C12H22N2O3S. The standard InChI is InChI=1S/C12H22N2O3S/c15-10-13-11(12(16)17)4-9-18-8-3-7-14-5-1-2-6-14/h10-11H,1-9H2,(H,13,15)(H,16,17). The van der Waals surface area contributed by atoms with Gasteiger partial charge in [0.2, 0.25) is 6.41 Å². The van der Waals surface area contributed by atoms with Gasteiger partial charge in [-0.15, -0.1) is 0 Å². The highest BCUT2D eigenvalue weighted by atomic mass is 32.2. The summed E-state index contributed by atoms with van der Waals surface area (Å²) in [5.41, 5.74) is 0. The highest BCUT2D eigenvalue weighted by Crippen LogP contribution is 2.11. The van der Waals surface area contributed by atoms with Crippen LogP contribution in [0.3, 0.4) is 0 Å². The van der Waals surface area contributed by atoms with Crippen molar-refractivity contribution in [1.29, 1.82) is 0 Å². The summed E-state index contributed by atoms with van der Waals surface area (Å²) >= 11 is 1.76. The van der Waals surface area contributed by atoms with Gasteiger partial charge in [-0.25, -0.2) is 4.79 Å². The van der Waals surface area contributed by atoms with Gasteiger partial charge in [0.15, 0.2) is 0 Å². The number of carbonyl (C=O) groups excluding carboxylic acids is 1. The largest absolute Gasteiger partial charge is 0.480 e. The molecule has 0 aromatic rings. The topological polar surface area (TPSA) is 69.6 Å². The van der Waals surface area contributed by atoms with E-state index in [1.165, 1.54) is 25.9 Å². The molecule has 0 saturated carbocycles. The van der Waals surface area contributed by atoms with Gasteiger partial charge in [0.25, 0.3) is 0 Å². The third kappa shape index (κ3) is 6.26. The predicted molar refractivity (Wildman–Crippen MR) is 72.9 cm³/mol. The smallest absolute Gasteiger partial charge is 0.326 e. The molecule has 1 fully saturated rings. The van der Waals surface area contributed by atoms with E-state index in [2.05, 4.69) is 10.2 Å². The first kappa shape index (κ1) is 15.3. The van der Waals surface area contributed by atoms with Gasteiger partial charge >= 0.3 is 5.97 Å². The summed E-state index contributed by atoms with van der Waals surface area (Å²) in [5, 5.41) is 11.1. The van der Waals surface area contributed by atoms with E-state index in [9.17, 15) is 9.59 Å². The number of carboxylic acids is 1. The minimum absolute atomic E-state index is 0.455. The van der Waals surface area contributed by atoms with E-state index in [0.29, 0.717) is 12.8 Å². The van der Waals surface area contributed by atoms with Gasteiger partial charge < -0.3 is 15.3 Å². The van der Waals surface area contributed by atoms with Crippen molar-refractivity contribution in [3.05, 3.63) is 0 Å². The first-order valence-corrected chi connectivity index (χ1v) is 7.62. The molecule has 1 aliphatic rings. The number of carbonyl (C=O) groups is 2. The molecule has 1 rings (SSSR count). The number of amides is 1. The van der Waals surface area contributed by atoms with E-state index in [1.807, 2.05) is 0 Å². The number of nitrogens with zero attached hydrogens (tertiary/aromatic N) is 1. The molecule has 1 aliphatic heterocycles. The first-order chi connectivity index (χ1) is 8.74.